The number of nitrogens with one attached hydrogen (secondary N) is 1. The van der Waals surface area contributed by atoms with Crippen molar-refractivity contribution in [2.24, 2.45) is 7.05 Å². The van der Waals surface area contributed by atoms with E-state index in [-0.39, 0.29) is 12.5 Å². The first kappa shape index (κ1) is 18.8. The largest absolute Gasteiger partial charge is 0.309 e. The van der Waals surface area contributed by atoms with Gasteiger partial charge in [0.25, 0.3) is 0 Å². The van der Waals surface area contributed by atoms with Crippen molar-refractivity contribution >= 4 is 23.3 Å². The summed E-state index contributed by atoms with van der Waals surface area (Å²) in [6, 6.07) is 16.9. The van der Waals surface area contributed by atoms with Crippen molar-refractivity contribution in [2.45, 2.75) is 13.5 Å². The molecule has 0 aliphatic carbocycles. The van der Waals surface area contributed by atoms with Crippen LogP contribution in [0.5, 0.6) is 0 Å². The van der Waals surface area contributed by atoms with E-state index in [1.807, 2.05) is 43.3 Å². The van der Waals surface area contributed by atoms with Gasteiger partial charge in [-0.05, 0) is 29.8 Å². The van der Waals surface area contributed by atoms with Crippen molar-refractivity contribution in [1.29, 1.82) is 0 Å². The summed E-state index contributed by atoms with van der Waals surface area (Å²) in [4.78, 5) is 13.7. The molecule has 0 radical (unpaired) electrons. The van der Waals surface area contributed by atoms with Crippen LogP contribution in [-0.4, -0.2) is 35.9 Å². The van der Waals surface area contributed by atoms with E-state index in [0.29, 0.717) is 16.7 Å². The van der Waals surface area contributed by atoms with Crippen LogP contribution in [0.4, 0.5) is 5.82 Å². The number of tetrazole rings is 1. The van der Waals surface area contributed by atoms with E-state index in [2.05, 4.69) is 25.8 Å². The highest BCUT2D eigenvalue weighted by atomic mass is 35.5. The highest BCUT2D eigenvalue weighted by molar-refractivity contribution is 6.30. The van der Waals surface area contributed by atoms with E-state index in [9.17, 15) is 4.79 Å². The molecule has 4 rings (SSSR count). The van der Waals surface area contributed by atoms with Crippen LogP contribution in [0, 0.1) is 6.92 Å². The number of aromatic nitrogens is 6. The van der Waals surface area contributed by atoms with Gasteiger partial charge in [-0.1, -0.05) is 48.0 Å². The van der Waals surface area contributed by atoms with Crippen LogP contribution in [0.3, 0.4) is 0 Å². The molecule has 0 saturated heterocycles. The van der Waals surface area contributed by atoms with E-state index >= 15 is 0 Å². The Morgan fingerprint density at radius 2 is 1.86 bits per heavy atom. The van der Waals surface area contributed by atoms with E-state index in [4.69, 9.17) is 11.6 Å². The standard InChI is InChI=1S/C20H18ClN7O/c1-13-5-3-4-6-16(13)20-23-26-28(25-20)12-19(29)22-18-11-17(24-27(18)2)14-7-9-15(21)10-8-14/h3-11H,12H2,1-2H3,(H,22,29). The molecule has 0 aliphatic heterocycles. The van der Waals surface area contributed by atoms with Crippen LogP contribution in [-0.2, 0) is 18.4 Å². The quantitative estimate of drug-likeness (QED) is 0.548. The Hall–Kier alpha value is -3.52. The van der Waals surface area contributed by atoms with Crippen molar-refractivity contribution in [2.75, 3.05) is 5.32 Å². The molecule has 0 unspecified atom stereocenters. The summed E-state index contributed by atoms with van der Waals surface area (Å²) < 4.78 is 1.61. The number of nitrogens with zero attached hydrogens (tertiary/aromatic N) is 6. The number of rotatable bonds is 5. The number of hydrogen-bond donors (Lipinski definition) is 1. The lowest BCUT2D eigenvalue weighted by Crippen LogP contribution is -2.21. The average molecular weight is 408 g/mol. The van der Waals surface area contributed by atoms with Crippen molar-refractivity contribution < 1.29 is 4.79 Å². The molecule has 0 atom stereocenters. The SMILES string of the molecule is Cc1ccccc1-c1nnn(CC(=O)Nc2cc(-c3ccc(Cl)cc3)nn2C)n1. The summed E-state index contributed by atoms with van der Waals surface area (Å²) in [5, 5.41) is 20.2. The third-order valence-electron chi connectivity index (χ3n) is 4.41. The predicted molar refractivity (Wildman–Crippen MR) is 110 cm³/mol. The fourth-order valence-electron chi connectivity index (χ4n) is 2.90. The Kier molecular flexibility index (Phi) is 5.09. The molecule has 0 bridgehead atoms. The number of halogens is 1. The number of anilines is 1. The molecule has 0 spiro atoms. The third kappa shape index (κ3) is 4.17. The summed E-state index contributed by atoms with van der Waals surface area (Å²) in [7, 11) is 1.76. The summed E-state index contributed by atoms with van der Waals surface area (Å²) in [5.74, 6) is 0.782. The Morgan fingerprint density at radius 3 is 2.62 bits per heavy atom. The van der Waals surface area contributed by atoms with E-state index in [1.54, 1.807) is 29.9 Å². The third-order valence-corrected chi connectivity index (χ3v) is 4.66. The maximum Gasteiger partial charge on any atom is 0.249 e. The molecule has 2 aromatic heterocycles. The number of aryl methyl sites for hydroxylation is 2. The highest BCUT2D eigenvalue weighted by Crippen LogP contribution is 2.23. The van der Waals surface area contributed by atoms with Crippen molar-refractivity contribution in [3.8, 4) is 22.6 Å². The van der Waals surface area contributed by atoms with Crippen LogP contribution in [0.25, 0.3) is 22.6 Å². The average Bonchev–Trinajstić information content (AvgIpc) is 3.30. The first-order valence-electron chi connectivity index (χ1n) is 8.93. The molecule has 2 heterocycles. The molecule has 0 fully saturated rings. The number of hydrogen-bond acceptors (Lipinski definition) is 5. The molecule has 0 saturated carbocycles. The van der Waals surface area contributed by atoms with Gasteiger partial charge in [0.2, 0.25) is 11.7 Å². The molecule has 4 aromatic rings. The highest BCUT2D eigenvalue weighted by Gasteiger charge is 2.13. The fourth-order valence-corrected chi connectivity index (χ4v) is 3.02. The molecular formula is C20H18ClN7O. The maximum absolute atomic E-state index is 12.4. The van der Waals surface area contributed by atoms with Crippen LogP contribution in [0.15, 0.2) is 54.6 Å². The molecule has 0 aliphatic rings. The van der Waals surface area contributed by atoms with Crippen molar-refractivity contribution in [3.05, 3.63) is 65.2 Å². The Labute approximate surface area is 172 Å². The molecule has 29 heavy (non-hydrogen) atoms. The molecule has 146 valence electrons. The van der Waals surface area contributed by atoms with Gasteiger partial charge in [0.05, 0.1) is 5.69 Å². The van der Waals surface area contributed by atoms with Gasteiger partial charge in [-0.25, -0.2) is 0 Å². The van der Waals surface area contributed by atoms with E-state index < -0.39 is 0 Å². The number of amides is 1. The minimum atomic E-state index is -0.274. The minimum Gasteiger partial charge on any atom is -0.309 e. The first-order valence-corrected chi connectivity index (χ1v) is 9.31. The normalized spacial score (nSPS) is 10.9. The zero-order valence-electron chi connectivity index (χ0n) is 15.9. The van der Waals surface area contributed by atoms with Gasteiger partial charge in [0.15, 0.2) is 0 Å². The van der Waals surface area contributed by atoms with Gasteiger partial charge in [-0.2, -0.15) is 9.90 Å². The number of carbonyl (C=O) groups is 1. The Morgan fingerprint density at radius 1 is 1.10 bits per heavy atom. The van der Waals surface area contributed by atoms with Crippen molar-refractivity contribution in [1.82, 2.24) is 30.0 Å². The summed E-state index contributed by atoms with van der Waals surface area (Å²) in [6.45, 7) is 1.92. The number of benzene rings is 2. The second kappa shape index (κ2) is 7.84. The van der Waals surface area contributed by atoms with Crippen molar-refractivity contribution in [3.63, 3.8) is 0 Å². The Bertz CT molecular complexity index is 1160. The first-order chi connectivity index (χ1) is 14.0. The van der Waals surface area contributed by atoms with Gasteiger partial charge < -0.3 is 5.32 Å². The topological polar surface area (TPSA) is 90.5 Å². The zero-order valence-corrected chi connectivity index (χ0v) is 16.6. The lowest BCUT2D eigenvalue weighted by atomic mass is 10.1. The van der Waals surface area contributed by atoms with Crippen LogP contribution in [0.2, 0.25) is 5.02 Å². The molecule has 9 heteroatoms. The maximum atomic E-state index is 12.4. The van der Waals surface area contributed by atoms with Gasteiger partial charge in [-0.3, -0.25) is 9.48 Å². The van der Waals surface area contributed by atoms with Gasteiger partial charge in [0, 0.05) is 29.3 Å². The second-order valence-electron chi connectivity index (χ2n) is 6.55. The monoisotopic (exact) mass is 407 g/mol. The van der Waals surface area contributed by atoms with Gasteiger partial charge in [0.1, 0.15) is 12.4 Å². The molecule has 1 amide bonds. The van der Waals surface area contributed by atoms with Gasteiger partial charge >= 0.3 is 0 Å². The van der Waals surface area contributed by atoms with Crippen LogP contribution >= 0.6 is 11.6 Å². The van der Waals surface area contributed by atoms with E-state index in [0.717, 1.165) is 22.4 Å². The predicted octanol–water partition coefficient (Wildman–Crippen LogP) is 3.34. The molecule has 2 aromatic carbocycles. The van der Waals surface area contributed by atoms with Crippen LogP contribution in [0.1, 0.15) is 5.56 Å². The van der Waals surface area contributed by atoms with Crippen LogP contribution < -0.4 is 5.32 Å². The zero-order chi connectivity index (χ0) is 20.4. The van der Waals surface area contributed by atoms with E-state index in [1.165, 1.54) is 4.80 Å². The molecule has 8 nitrogen and oxygen atoms in total. The molecule has 1 N–H and O–H groups in total. The summed E-state index contributed by atoms with van der Waals surface area (Å²) in [6.07, 6.45) is 0. The molecular weight excluding hydrogens is 390 g/mol. The number of carbonyl (C=O) groups excluding carboxylic acids is 1. The summed E-state index contributed by atoms with van der Waals surface area (Å²) in [5.41, 5.74) is 3.58. The summed E-state index contributed by atoms with van der Waals surface area (Å²) >= 11 is 5.93. The lowest BCUT2D eigenvalue weighted by Gasteiger charge is -2.03. The Balaban J connectivity index is 1.45. The minimum absolute atomic E-state index is 0.0552. The second-order valence-corrected chi connectivity index (χ2v) is 6.99. The fraction of sp³-hybridized carbons (Fsp3) is 0.150. The van der Waals surface area contributed by atoms with Gasteiger partial charge in [-0.15, -0.1) is 10.2 Å². The lowest BCUT2D eigenvalue weighted by molar-refractivity contribution is -0.117. The smallest absolute Gasteiger partial charge is 0.249 e.